The summed E-state index contributed by atoms with van der Waals surface area (Å²) in [7, 11) is 0. The molecule has 22 heavy (non-hydrogen) atoms. The molecular formula is C20H25NO. The van der Waals surface area contributed by atoms with Crippen LogP contribution in [0.1, 0.15) is 61.6 Å². The molecule has 0 radical (unpaired) electrons. The number of carbonyl (C=O) groups is 1. The molecule has 0 bridgehead atoms. The van der Waals surface area contributed by atoms with Crippen molar-refractivity contribution in [3.05, 3.63) is 28.8 Å². The van der Waals surface area contributed by atoms with Crippen molar-refractivity contribution < 1.29 is 4.79 Å². The van der Waals surface area contributed by atoms with Crippen molar-refractivity contribution >= 4 is 11.5 Å². The third-order valence-electron chi connectivity index (χ3n) is 7.43. The van der Waals surface area contributed by atoms with Crippen LogP contribution in [-0.2, 0) is 17.6 Å². The molecule has 0 saturated heterocycles. The first-order valence-electron chi connectivity index (χ1n) is 9.10. The summed E-state index contributed by atoms with van der Waals surface area (Å²) in [6, 6.07) is 4.72. The van der Waals surface area contributed by atoms with Gasteiger partial charge in [-0.25, -0.2) is 0 Å². The lowest BCUT2D eigenvalue weighted by atomic mass is 9.55. The summed E-state index contributed by atoms with van der Waals surface area (Å²) in [4.78, 5) is 12.4. The van der Waals surface area contributed by atoms with E-state index in [1.165, 1.54) is 31.4 Å². The molecule has 2 nitrogen and oxygen atoms in total. The van der Waals surface area contributed by atoms with Gasteiger partial charge < -0.3 is 5.32 Å². The van der Waals surface area contributed by atoms with Gasteiger partial charge in [-0.3, -0.25) is 4.79 Å². The van der Waals surface area contributed by atoms with Crippen molar-refractivity contribution in [3.63, 3.8) is 0 Å². The van der Waals surface area contributed by atoms with Crippen molar-refractivity contribution in [2.24, 2.45) is 17.3 Å². The summed E-state index contributed by atoms with van der Waals surface area (Å²) >= 11 is 0. The number of Topliss-reactive ketones (excluding diaryl/α,β-unsaturated/α-hetero) is 1. The van der Waals surface area contributed by atoms with Crippen LogP contribution < -0.4 is 5.32 Å². The molecule has 2 heteroatoms. The largest absolute Gasteiger partial charge is 0.384 e. The number of rotatable bonds is 0. The molecule has 0 spiro atoms. The predicted octanol–water partition coefficient (Wildman–Crippen LogP) is 4.08. The quantitative estimate of drug-likeness (QED) is 0.781. The second-order valence-corrected chi connectivity index (χ2v) is 8.17. The van der Waals surface area contributed by atoms with Crippen molar-refractivity contribution in [2.75, 3.05) is 11.9 Å². The zero-order valence-corrected chi connectivity index (χ0v) is 13.5. The fraction of sp³-hybridized carbons (Fsp3) is 0.650. The van der Waals surface area contributed by atoms with Crippen LogP contribution in [0.2, 0.25) is 0 Å². The van der Waals surface area contributed by atoms with E-state index < -0.39 is 0 Å². The Morgan fingerprint density at radius 2 is 2.00 bits per heavy atom. The van der Waals surface area contributed by atoms with Gasteiger partial charge in [0.15, 0.2) is 0 Å². The van der Waals surface area contributed by atoms with Gasteiger partial charge >= 0.3 is 0 Å². The zero-order valence-electron chi connectivity index (χ0n) is 13.5. The lowest BCUT2D eigenvalue weighted by Gasteiger charge is -2.48. The molecule has 116 valence electrons. The molecule has 4 atom stereocenters. The van der Waals surface area contributed by atoms with Gasteiger partial charge in [0.05, 0.1) is 0 Å². The van der Waals surface area contributed by atoms with Crippen molar-refractivity contribution in [3.8, 4) is 0 Å². The second-order valence-electron chi connectivity index (χ2n) is 8.17. The molecule has 2 fully saturated rings. The normalized spacial score (nSPS) is 38.8. The average Bonchev–Trinajstić information content (AvgIpc) is 3.12. The van der Waals surface area contributed by atoms with E-state index in [0.717, 1.165) is 37.6 Å². The van der Waals surface area contributed by atoms with E-state index in [2.05, 4.69) is 24.4 Å². The molecule has 1 aromatic carbocycles. The first kappa shape index (κ1) is 13.2. The van der Waals surface area contributed by atoms with E-state index in [4.69, 9.17) is 0 Å². The Morgan fingerprint density at radius 1 is 1.09 bits per heavy atom. The van der Waals surface area contributed by atoms with Crippen LogP contribution >= 0.6 is 0 Å². The summed E-state index contributed by atoms with van der Waals surface area (Å²) in [6.45, 7) is 3.38. The fourth-order valence-corrected chi connectivity index (χ4v) is 6.29. The van der Waals surface area contributed by atoms with Crippen LogP contribution in [0.4, 0.5) is 5.69 Å². The first-order valence-corrected chi connectivity index (χ1v) is 9.10. The topological polar surface area (TPSA) is 29.1 Å². The molecule has 1 aliphatic heterocycles. The summed E-state index contributed by atoms with van der Waals surface area (Å²) in [5, 5.41) is 3.53. The number of nitrogens with one attached hydrogen (secondary N) is 1. The molecule has 1 heterocycles. The Hall–Kier alpha value is -1.31. The van der Waals surface area contributed by atoms with Crippen molar-refractivity contribution in [1.29, 1.82) is 0 Å². The highest BCUT2D eigenvalue weighted by molar-refractivity contribution is 5.87. The van der Waals surface area contributed by atoms with E-state index >= 15 is 0 Å². The number of fused-ring (bicyclic) bond motifs is 7. The molecule has 0 aromatic heterocycles. The van der Waals surface area contributed by atoms with Crippen molar-refractivity contribution in [1.82, 2.24) is 0 Å². The van der Waals surface area contributed by atoms with E-state index in [1.54, 1.807) is 16.7 Å². The number of anilines is 1. The Balaban J connectivity index is 1.57. The van der Waals surface area contributed by atoms with Crippen LogP contribution in [0.5, 0.6) is 0 Å². The summed E-state index contributed by atoms with van der Waals surface area (Å²) in [5.41, 5.74) is 6.30. The standard InChI is InChI=1S/C20H25NO/c1-20-10-8-14-12-4-6-18-16(9-11-21-18)13(12)2-3-15(14)17(20)5-7-19(20)22/h4,6,14-15,17,21H,2-3,5,7-11H2,1H3/t14?,15?,17?,20-/m0/s1. The van der Waals surface area contributed by atoms with Gasteiger partial charge in [-0.05, 0) is 79.0 Å². The maximum Gasteiger partial charge on any atom is 0.139 e. The SMILES string of the molecule is C[C@]12CCC3c4ccc5c(c4CCC3C1CCC2=O)CCN5. The molecule has 5 rings (SSSR count). The van der Waals surface area contributed by atoms with Gasteiger partial charge in [-0.2, -0.15) is 0 Å². The van der Waals surface area contributed by atoms with Crippen LogP contribution in [0.15, 0.2) is 12.1 Å². The Kier molecular flexibility index (Phi) is 2.61. The highest BCUT2D eigenvalue weighted by Gasteiger charge is 2.54. The molecule has 0 amide bonds. The van der Waals surface area contributed by atoms with E-state index in [0.29, 0.717) is 11.7 Å². The summed E-state index contributed by atoms with van der Waals surface area (Å²) in [5.74, 6) is 2.68. The monoisotopic (exact) mass is 295 g/mol. The van der Waals surface area contributed by atoms with E-state index in [-0.39, 0.29) is 5.41 Å². The van der Waals surface area contributed by atoms with Gasteiger partial charge in [-0.1, -0.05) is 13.0 Å². The highest BCUT2D eigenvalue weighted by Crippen LogP contribution is 2.60. The predicted molar refractivity (Wildman–Crippen MR) is 88.3 cm³/mol. The fourth-order valence-electron chi connectivity index (χ4n) is 6.29. The van der Waals surface area contributed by atoms with E-state index in [1.807, 2.05) is 0 Å². The van der Waals surface area contributed by atoms with Crippen LogP contribution in [-0.4, -0.2) is 12.3 Å². The summed E-state index contributed by atoms with van der Waals surface area (Å²) in [6.07, 6.45) is 8.08. The highest BCUT2D eigenvalue weighted by atomic mass is 16.1. The maximum atomic E-state index is 12.4. The van der Waals surface area contributed by atoms with Gasteiger partial charge in [0.2, 0.25) is 0 Å². The first-order chi connectivity index (χ1) is 10.7. The molecule has 3 unspecified atom stereocenters. The Bertz CT molecular complexity index is 664. The van der Waals surface area contributed by atoms with Gasteiger partial charge in [0.25, 0.3) is 0 Å². The molecule has 3 aliphatic carbocycles. The number of hydrogen-bond acceptors (Lipinski definition) is 2. The second kappa shape index (κ2) is 4.37. The minimum absolute atomic E-state index is 0.0109. The molecule has 4 aliphatic rings. The minimum atomic E-state index is 0.0109. The molecule has 1 N–H and O–H groups in total. The average molecular weight is 295 g/mol. The lowest BCUT2D eigenvalue weighted by molar-refractivity contribution is -0.129. The molecule has 2 saturated carbocycles. The molecular weight excluding hydrogens is 270 g/mol. The van der Waals surface area contributed by atoms with Gasteiger partial charge in [0, 0.05) is 24.1 Å². The smallest absolute Gasteiger partial charge is 0.139 e. The Labute approximate surface area is 132 Å². The van der Waals surface area contributed by atoms with E-state index in [9.17, 15) is 4.79 Å². The minimum Gasteiger partial charge on any atom is -0.384 e. The third kappa shape index (κ3) is 1.54. The number of ketones is 1. The number of carbonyl (C=O) groups excluding carboxylic acids is 1. The van der Waals surface area contributed by atoms with Crippen LogP contribution in [0, 0.1) is 17.3 Å². The van der Waals surface area contributed by atoms with Crippen LogP contribution in [0.25, 0.3) is 0 Å². The van der Waals surface area contributed by atoms with Crippen LogP contribution in [0.3, 0.4) is 0 Å². The summed E-state index contributed by atoms with van der Waals surface area (Å²) < 4.78 is 0. The number of benzene rings is 1. The van der Waals surface area contributed by atoms with Gasteiger partial charge in [0.1, 0.15) is 5.78 Å². The zero-order chi connectivity index (χ0) is 14.9. The number of hydrogen-bond donors (Lipinski definition) is 1. The lowest BCUT2D eigenvalue weighted by Crippen LogP contribution is -2.42. The van der Waals surface area contributed by atoms with Gasteiger partial charge in [-0.15, -0.1) is 0 Å². The van der Waals surface area contributed by atoms with Crippen molar-refractivity contribution in [2.45, 2.75) is 57.8 Å². The molecule has 1 aromatic rings. The maximum absolute atomic E-state index is 12.4. The Morgan fingerprint density at radius 3 is 2.91 bits per heavy atom. The third-order valence-corrected chi connectivity index (χ3v) is 7.43.